The maximum atomic E-state index is 12.1. The third-order valence-corrected chi connectivity index (χ3v) is 4.73. The fraction of sp³-hybridized carbons (Fsp3) is 0.190. The first-order chi connectivity index (χ1) is 13.6. The molecular formula is C21H20N2O4S. The van der Waals surface area contributed by atoms with Gasteiger partial charge in [0.2, 0.25) is 0 Å². The molecule has 0 radical (unpaired) electrons. The van der Waals surface area contributed by atoms with Gasteiger partial charge in [-0.3, -0.25) is 9.78 Å². The third-order valence-electron chi connectivity index (χ3n) is 3.86. The van der Waals surface area contributed by atoms with Crippen molar-refractivity contribution in [2.24, 2.45) is 0 Å². The van der Waals surface area contributed by atoms with Gasteiger partial charge in [0.1, 0.15) is 25.0 Å². The van der Waals surface area contributed by atoms with E-state index in [1.54, 1.807) is 25.3 Å². The second-order valence-corrected chi connectivity index (χ2v) is 6.98. The van der Waals surface area contributed by atoms with Gasteiger partial charge in [-0.25, -0.2) is 4.79 Å². The second-order valence-electron chi connectivity index (χ2n) is 6.03. The van der Waals surface area contributed by atoms with E-state index in [1.165, 1.54) is 11.3 Å². The lowest BCUT2D eigenvalue weighted by molar-refractivity contribution is -0.146. The van der Waals surface area contributed by atoms with Crippen LogP contribution in [0.25, 0.3) is 0 Å². The molecule has 3 aromatic rings. The smallest absolute Gasteiger partial charge is 0.328 e. The molecule has 1 aromatic carbocycles. The first kappa shape index (κ1) is 19.6. The van der Waals surface area contributed by atoms with E-state index in [4.69, 9.17) is 9.47 Å². The molecule has 0 saturated heterocycles. The van der Waals surface area contributed by atoms with Crippen molar-refractivity contribution in [1.82, 2.24) is 10.3 Å². The predicted molar refractivity (Wildman–Crippen MR) is 106 cm³/mol. The minimum absolute atomic E-state index is 0.124. The highest BCUT2D eigenvalue weighted by Gasteiger charge is 2.18. The lowest BCUT2D eigenvalue weighted by Gasteiger charge is -2.13. The predicted octanol–water partition coefficient (Wildman–Crippen LogP) is 3.58. The quantitative estimate of drug-likeness (QED) is 0.589. The van der Waals surface area contributed by atoms with Crippen LogP contribution in [-0.4, -0.2) is 22.9 Å². The number of benzene rings is 1. The van der Waals surface area contributed by atoms with Crippen LogP contribution in [0.5, 0.6) is 5.75 Å². The summed E-state index contributed by atoms with van der Waals surface area (Å²) in [5, 5.41) is 4.44. The highest BCUT2D eigenvalue weighted by Crippen LogP contribution is 2.15. The molecule has 1 unspecified atom stereocenters. The lowest BCUT2D eigenvalue weighted by Crippen LogP contribution is -2.39. The molecule has 0 aliphatic heterocycles. The second kappa shape index (κ2) is 9.66. The van der Waals surface area contributed by atoms with E-state index in [0.717, 1.165) is 11.3 Å². The molecule has 3 rings (SSSR count). The number of amides is 1. The normalized spacial score (nSPS) is 11.5. The Bertz CT molecular complexity index is 896. The Morgan fingerprint density at radius 2 is 1.89 bits per heavy atom. The van der Waals surface area contributed by atoms with E-state index in [1.807, 2.05) is 47.8 Å². The zero-order valence-electron chi connectivity index (χ0n) is 15.3. The van der Waals surface area contributed by atoms with Gasteiger partial charge in [-0.15, -0.1) is 11.3 Å². The standard InChI is InChI=1S/C21H20N2O4S/c1-15(23-20(24)19-6-4-12-28-19)21(25)27-13-16-7-9-18(10-8-16)26-14-17-5-2-3-11-22-17/h2-12,15H,13-14H2,1H3,(H,23,24). The molecule has 0 aliphatic carbocycles. The molecule has 144 valence electrons. The van der Waals surface area contributed by atoms with Gasteiger partial charge in [0, 0.05) is 6.20 Å². The zero-order valence-corrected chi connectivity index (χ0v) is 16.1. The van der Waals surface area contributed by atoms with Crippen LogP contribution in [0, 0.1) is 0 Å². The van der Waals surface area contributed by atoms with Gasteiger partial charge in [0.25, 0.3) is 5.91 Å². The number of pyridine rings is 1. The molecule has 0 fully saturated rings. The van der Waals surface area contributed by atoms with Crippen molar-refractivity contribution >= 4 is 23.2 Å². The number of carbonyl (C=O) groups excluding carboxylic acids is 2. The topological polar surface area (TPSA) is 77.5 Å². The summed E-state index contributed by atoms with van der Waals surface area (Å²) in [4.78, 5) is 28.8. The summed E-state index contributed by atoms with van der Waals surface area (Å²) in [6.07, 6.45) is 1.72. The molecule has 0 bridgehead atoms. The molecule has 0 spiro atoms. The summed E-state index contributed by atoms with van der Waals surface area (Å²) in [5.41, 5.74) is 1.68. The molecular weight excluding hydrogens is 376 g/mol. The number of aromatic nitrogens is 1. The van der Waals surface area contributed by atoms with Gasteiger partial charge >= 0.3 is 5.97 Å². The maximum Gasteiger partial charge on any atom is 0.328 e. The number of thiophene rings is 1. The average molecular weight is 396 g/mol. The molecule has 6 nitrogen and oxygen atoms in total. The number of ether oxygens (including phenoxy) is 2. The Balaban J connectivity index is 1.43. The monoisotopic (exact) mass is 396 g/mol. The van der Waals surface area contributed by atoms with E-state index >= 15 is 0 Å². The summed E-state index contributed by atoms with van der Waals surface area (Å²) in [6, 6.07) is 15.7. The zero-order chi connectivity index (χ0) is 19.8. The first-order valence-corrected chi connectivity index (χ1v) is 9.62. The molecule has 1 atom stereocenters. The van der Waals surface area contributed by atoms with Crippen LogP contribution in [0.2, 0.25) is 0 Å². The van der Waals surface area contributed by atoms with Crippen LogP contribution in [0.15, 0.2) is 66.2 Å². The van der Waals surface area contributed by atoms with Crippen molar-refractivity contribution in [2.45, 2.75) is 26.2 Å². The largest absolute Gasteiger partial charge is 0.487 e. The van der Waals surface area contributed by atoms with Crippen molar-refractivity contribution < 1.29 is 19.1 Å². The van der Waals surface area contributed by atoms with Crippen molar-refractivity contribution in [3.63, 3.8) is 0 Å². The van der Waals surface area contributed by atoms with Crippen LogP contribution in [0.1, 0.15) is 27.9 Å². The summed E-state index contributed by atoms with van der Waals surface area (Å²) in [5.74, 6) is -0.0634. The number of carbonyl (C=O) groups is 2. The van der Waals surface area contributed by atoms with Gasteiger partial charge in [-0.2, -0.15) is 0 Å². The van der Waals surface area contributed by atoms with E-state index in [0.29, 0.717) is 17.2 Å². The van der Waals surface area contributed by atoms with Gasteiger partial charge < -0.3 is 14.8 Å². The molecule has 0 saturated carbocycles. The third kappa shape index (κ3) is 5.65. The van der Waals surface area contributed by atoms with Crippen molar-refractivity contribution in [2.75, 3.05) is 0 Å². The maximum absolute atomic E-state index is 12.1. The summed E-state index contributed by atoms with van der Waals surface area (Å²) in [7, 11) is 0. The van der Waals surface area contributed by atoms with Gasteiger partial charge in [0.15, 0.2) is 0 Å². The van der Waals surface area contributed by atoms with Crippen molar-refractivity contribution in [1.29, 1.82) is 0 Å². The summed E-state index contributed by atoms with van der Waals surface area (Å²) in [6.45, 7) is 2.11. The first-order valence-electron chi connectivity index (χ1n) is 8.74. The Morgan fingerprint density at radius 1 is 1.07 bits per heavy atom. The molecule has 1 amide bonds. The number of rotatable bonds is 8. The van der Waals surface area contributed by atoms with E-state index < -0.39 is 12.0 Å². The fourth-order valence-electron chi connectivity index (χ4n) is 2.34. The van der Waals surface area contributed by atoms with E-state index in [2.05, 4.69) is 10.3 Å². The highest BCUT2D eigenvalue weighted by molar-refractivity contribution is 7.12. The van der Waals surface area contributed by atoms with Crippen LogP contribution in [-0.2, 0) is 22.7 Å². The Labute approximate surface area is 167 Å². The Hall–Kier alpha value is -3.19. The van der Waals surface area contributed by atoms with E-state index in [-0.39, 0.29) is 12.5 Å². The SMILES string of the molecule is CC(NC(=O)c1cccs1)C(=O)OCc1ccc(OCc2ccccn2)cc1. The molecule has 28 heavy (non-hydrogen) atoms. The number of hydrogen-bond acceptors (Lipinski definition) is 6. The molecule has 7 heteroatoms. The van der Waals surface area contributed by atoms with Crippen molar-refractivity contribution in [3.05, 3.63) is 82.3 Å². The van der Waals surface area contributed by atoms with Crippen molar-refractivity contribution in [3.8, 4) is 5.75 Å². The van der Waals surface area contributed by atoms with Gasteiger partial charge in [-0.05, 0) is 48.2 Å². The lowest BCUT2D eigenvalue weighted by atomic mass is 10.2. The van der Waals surface area contributed by atoms with Gasteiger partial charge in [0.05, 0.1) is 10.6 Å². The fourth-order valence-corrected chi connectivity index (χ4v) is 2.96. The molecule has 2 aromatic heterocycles. The van der Waals surface area contributed by atoms with Gasteiger partial charge in [-0.1, -0.05) is 24.3 Å². The number of nitrogens with zero attached hydrogens (tertiary/aromatic N) is 1. The summed E-state index contributed by atoms with van der Waals surface area (Å²) < 4.78 is 10.9. The number of nitrogens with one attached hydrogen (secondary N) is 1. The van der Waals surface area contributed by atoms with Crippen LogP contribution in [0.3, 0.4) is 0 Å². The average Bonchev–Trinajstić information content (AvgIpc) is 3.27. The number of esters is 1. The summed E-state index contributed by atoms with van der Waals surface area (Å²) >= 11 is 1.32. The Kier molecular flexibility index (Phi) is 6.75. The van der Waals surface area contributed by atoms with Crippen LogP contribution in [0.4, 0.5) is 0 Å². The Morgan fingerprint density at radius 3 is 2.57 bits per heavy atom. The molecule has 2 heterocycles. The molecule has 0 aliphatic rings. The minimum Gasteiger partial charge on any atom is -0.487 e. The van der Waals surface area contributed by atoms with Crippen LogP contribution < -0.4 is 10.1 Å². The van der Waals surface area contributed by atoms with E-state index in [9.17, 15) is 9.59 Å². The molecule has 1 N–H and O–H groups in total. The number of hydrogen-bond donors (Lipinski definition) is 1. The van der Waals surface area contributed by atoms with Crippen LogP contribution >= 0.6 is 11.3 Å². The highest BCUT2D eigenvalue weighted by atomic mass is 32.1. The minimum atomic E-state index is -0.726.